The van der Waals surface area contributed by atoms with Crippen molar-refractivity contribution in [3.05, 3.63) is 34.3 Å². The summed E-state index contributed by atoms with van der Waals surface area (Å²) in [6.07, 6.45) is 3.34. The molecule has 0 aliphatic rings. The normalized spacial score (nSPS) is 10.9. The van der Waals surface area contributed by atoms with Crippen LogP contribution in [0.25, 0.3) is 0 Å². The number of aromatic nitrogens is 4. The van der Waals surface area contributed by atoms with Gasteiger partial charge in [-0.3, -0.25) is 9.59 Å². The first-order valence-electron chi connectivity index (χ1n) is 6.63. The van der Waals surface area contributed by atoms with Crippen LogP contribution in [0.4, 0.5) is 0 Å². The van der Waals surface area contributed by atoms with Gasteiger partial charge in [0.05, 0.1) is 12.7 Å². The molecule has 0 unspecified atom stereocenters. The third kappa shape index (κ3) is 3.94. The highest BCUT2D eigenvalue weighted by Gasteiger charge is 2.15. The molecule has 0 saturated heterocycles. The topological polar surface area (TPSA) is 102 Å². The highest BCUT2D eigenvalue weighted by molar-refractivity contribution is 9.10. The molecule has 118 valence electrons. The zero-order chi connectivity index (χ0) is 16.3. The zero-order valence-electron chi connectivity index (χ0n) is 12.2. The van der Waals surface area contributed by atoms with Crippen LogP contribution in [0, 0.1) is 0 Å². The minimum Gasteiger partial charge on any atom is -0.480 e. The van der Waals surface area contributed by atoms with Crippen LogP contribution in [0.2, 0.25) is 0 Å². The molecule has 9 heteroatoms. The second-order valence-electron chi connectivity index (χ2n) is 5.03. The molecule has 0 atom stereocenters. The number of carbonyl (C=O) groups excluding carboxylic acids is 1. The Morgan fingerprint density at radius 1 is 1.41 bits per heavy atom. The van der Waals surface area contributed by atoms with Crippen molar-refractivity contribution in [2.24, 2.45) is 0 Å². The number of carboxylic acid groups (broad SMARTS) is 1. The molecular weight excluding hydrogens is 354 g/mol. The number of halogens is 1. The number of hydrogen-bond donors (Lipinski definition) is 2. The Morgan fingerprint density at radius 3 is 2.77 bits per heavy atom. The van der Waals surface area contributed by atoms with Gasteiger partial charge in [0, 0.05) is 16.7 Å². The predicted octanol–water partition coefficient (Wildman–Crippen LogP) is 1.44. The highest BCUT2D eigenvalue weighted by Crippen LogP contribution is 2.19. The van der Waals surface area contributed by atoms with Crippen molar-refractivity contribution in [1.29, 1.82) is 0 Å². The van der Waals surface area contributed by atoms with E-state index < -0.39 is 5.97 Å². The lowest BCUT2D eigenvalue weighted by Crippen LogP contribution is -2.26. The zero-order valence-corrected chi connectivity index (χ0v) is 13.7. The van der Waals surface area contributed by atoms with Gasteiger partial charge in [-0.25, -0.2) is 4.68 Å². The number of carboxylic acids is 1. The summed E-state index contributed by atoms with van der Waals surface area (Å²) < 4.78 is 3.90. The average Bonchev–Trinajstić information content (AvgIpc) is 3.02. The van der Waals surface area contributed by atoms with Gasteiger partial charge in [-0.05, 0) is 35.8 Å². The summed E-state index contributed by atoms with van der Waals surface area (Å²) in [5, 5.41) is 18.9. The van der Waals surface area contributed by atoms with E-state index in [1.54, 1.807) is 6.07 Å². The van der Waals surface area contributed by atoms with Crippen LogP contribution < -0.4 is 5.32 Å². The predicted molar refractivity (Wildman–Crippen MR) is 81.3 cm³/mol. The fourth-order valence-corrected chi connectivity index (χ4v) is 2.39. The van der Waals surface area contributed by atoms with Gasteiger partial charge in [0.2, 0.25) is 0 Å². The number of aliphatic carboxylic acids is 1. The standard InChI is InChI=1S/C13H16BrN5O3/c1-8(2)19-5-9(14)3-11(19)13(22)15-4-10-6-18(17-16-10)7-12(20)21/h3,5-6,8H,4,7H2,1-2H3,(H,15,22)(H,20,21). The fourth-order valence-electron chi connectivity index (χ4n) is 1.95. The molecule has 0 saturated carbocycles. The van der Waals surface area contributed by atoms with Crippen LogP contribution in [0.5, 0.6) is 0 Å². The van der Waals surface area contributed by atoms with E-state index >= 15 is 0 Å². The summed E-state index contributed by atoms with van der Waals surface area (Å²) in [6.45, 7) is 3.89. The number of amides is 1. The van der Waals surface area contributed by atoms with E-state index in [0.29, 0.717) is 11.4 Å². The Bertz CT molecular complexity index is 692. The Balaban J connectivity index is 2.01. The van der Waals surface area contributed by atoms with Crippen LogP contribution >= 0.6 is 15.9 Å². The maximum absolute atomic E-state index is 12.2. The molecule has 0 aliphatic carbocycles. The molecule has 8 nitrogen and oxygen atoms in total. The first kappa shape index (κ1) is 16.2. The van der Waals surface area contributed by atoms with Crippen molar-refractivity contribution in [2.45, 2.75) is 33.0 Å². The third-order valence-electron chi connectivity index (χ3n) is 2.92. The van der Waals surface area contributed by atoms with E-state index in [1.165, 1.54) is 10.9 Å². The molecular formula is C13H16BrN5O3. The summed E-state index contributed by atoms with van der Waals surface area (Å²) in [4.78, 5) is 22.8. The summed E-state index contributed by atoms with van der Waals surface area (Å²) in [5.41, 5.74) is 1.04. The summed E-state index contributed by atoms with van der Waals surface area (Å²) >= 11 is 3.36. The fraction of sp³-hybridized carbons (Fsp3) is 0.385. The highest BCUT2D eigenvalue weighted by atomic mass is 79.9. The van der Waals surface area contributed by atoms with Gasteiger partial charge >= 0.3 is 5.97 Å². The smallest absolute Gasteiger partial charge is 0.325 e. The quantitative estimate of drug-likeness (QED) is 0.801. The molecule has 22 heavy (non-hydrogen) atoms. The van der Waals surface area contributed by atoms with Gasteiger partial charge < -0.3 is 15.0 Å². The van der Waals surface area contributed by atoms with E-state index in [2.05, 4.69) is 31.6 Å². The molecule has 0 aliphatic heterocycles. The van der Waals surface area contributed by atoms with Crippen molar-refractivity contribution in [2.75, 3.05) is 0 Å². The molecule has 0 bridgehead atoms. The van der Waals surface area contributed by atoms with E-state index in [9.17, 15) is 9.59 Å². The van der Waals surface area contributed by atoms with Gasteiger partial charge in [0.1, 0.15) is 17.9 Å². The molecule has 2 rings (SSSR count). The Kier molecular flexibility index (Phi) is 4.96. The number of carbonyl (C=O) groups is 2. The van der Waals surface area contributed by atoms with Crippen molar-refractivity contribution >= 4 is 27.8 Å². The third-order valence-corrected chi connectivity index (χ3v) is 3.35. The first-order chi connectivity index (χ1) is 10.4. The van der Waals surface area contributed by atoms with Crippen LogP contribution in [-0.2, 0) is 17.9 Å². The van der Waals surface area contributed by atoms with Gasteiger partial charge in [-0.15, -0.1) is 5.10 Å². The number of nitrogens with zero attached hydrogens (tertiary/aromatic N) is 4. The molecule has 0 fully saturated rings. The van der Waals surface area contributed by atoms with Crippen molar-refractivity contribution in [3.8, 4) is 0 Å². The van der Waals surface area contributed by atoms with Crippen LogP contribution in [-0.4, -0.2) is 36.5 Å². The second-order valence-corrected chi connectivity index (χ2v) is 5.94. The van der Waals surface area contributed by atoms with E-state index in [0.717, 1.165) is 4.47 Å². The molecule has 2 aromatic heterocycles. The van der Waals surface area contributed by atoms with Crippen LogP contribution in [0.15, 0.2) is 22.9 Å². The van der Waals surface area contributed by atoms with E-state index in [1.807, 2.05) is 24.6 Å². The van der Waals surface area contributed by atoms with Crippen molar-refractivity contribution in [3.63, 3.8) is 0 Å². The SMILES string of the molecule is CC(C)n1cc(Br)cc1C(=O)NCc1cn(CC(=O)O)nn1. The van der Waals surface area contributed by atoms with Gasteiger partial charge in [0.25, 0.3) is 5.91 Å². The molecule has 0 spiro atoms. The monoisotopic (exact) mass is 369 g/mol. The Morgan fingerprint density at radius 2 is 2.14 bits per heavy atom. The Hall–Kier alpha value is -2.16. The largest absolute Gasteiger partial charge is 0.480 e. The Labute approximate surface area is 135 Å². The first-order valence-corrected chi connectivity index (χ1v) is 7.42. The maximum atomic E-state index is 12.2. The number of hydrogen-bond acceptors (Lipinski definition) is 4. The lowest BCUT2D eigenvalue weighted by atomic mass is 10.3. The number of rotatable bonds is 6. The van der Waals surface area contributed by atoms with Gasteiger partial charge in [-0.1, -0.05) is 5.21 Å². The molecule has 0 radical (unpaired) electrons. The maximum Gasteiger partial charge on any atom is 0.325 e. The average molecular weight is 370 g/mol. The summed E-state index contributed by atoms with van der Waals surface area (Å²) in [5.74, 6) is -1.23. The van der Waals surface area contributed by atoms with E-state index in [4.69, 9.17) is 5.11 Å². The summed E-state index contributed by atoms with van der Waals surface area (Å²) in [7, 11) is 0. The number of nitrogens with one attached hydrogen (secondary N) is 1. The van der Waals surface area contributed by atoms with E-state index in [-0.39, 0.29) is 25.0 Å². The molecule has 2 N–H and O–H groups in total. The van der Waals surface area contributed by atoms with Crippen LogP contribution in [0.1, 0.15) is 36.1 Å². The van der Waals surface area contributed by atoms with Gasteiger partial charge in [-0.2, -0.15) is 0 Å². The molecule has 2 aromatic rings. The van der Waals surface area contributed by atoms with Crippen LogP contribution in [0.3, 0.4) is 0 Å². The van der Waals surface area contributed by atoms with Crippen molar-refractivity contribution < 1.29 is 14.7 Å². The van der Waals surface area contributed by atoms with Crippen molar-refractivity contribution in [1.82, 2.24) is 24.9 Å². The second kappa shape index (κ2) is 6.73. The summed E-state index contributed by atoms with van der Waals surface area (Å²) in [6, 6.07) is 1.90. The molecule has 1 amide bonds. The minimum atomic E-state index is -1.000. The van der Waals surface area contributed by atoms with Gasteiger partial charge in [0.15, 0.2) is 0 Å². The minimum absolute atomic E-state index is 0.156. The molecule has 2 heterocycles. The molecule has 0 aromatic carbocycles. The lowest BCUT2D eigenvalue weighted by Gasteiger charge is -2.12. The lowest BCUT2D eigenvalue weighted by molar-refractivity contribution is -0.137.